The van der Waals surface area contributed by atoms with Gasteiger partial charge in [0.15, 0.2) is 0 Å². The second-order valence-corrected chi connectivity index (χ2v) is 4.26. The van der Waals surface area contributed by atoms with Crippen LogP contribution in [-0.4, -0.2) is 11.9 Å². The summed E-state index contributed by atoms with van der Waals surface area (Å²) in [5.41, 5.74) is -3.51. The minimum Gasteiger partial charge on any atom is -0.352 e. The molecule has 0 aliphatic rings. The molecule has 0 radical (unpaired) electrons. The highest BCUT2D eigenvalue weighted by atomic mass is 32.2. The van der Waals surface area contributed by atoms with Gasteiger partial charge in [0.2, 0.25) is 6.41 Å². The Morgan fingerprint density at radius 2 is 1.88 bits per heavy atom. The molecule has 1 aromatic rings. The molecule has 0 heterocycles. The van der Waals surface area contributed by atoms with Crippen LogP contribution in [0.3, 0.4) is 0 Å². The van der Waals surface area contributed by atoms with Gasteiger partial charge in [-0.3, -0.25) is 4.79 Å². The van der Waals surface area contributed by atoms with Crippen molar-refractivity contribution < 1.29 is 18.0 Å². The summed E-state index contributed by atoms with van der Waals surface area (Å²) < 4.78 is 36.1. The van der Waals surface area contributed by atoms with Gasteiger partial charge in [-0.15, -0.1) is 0 Å². The van der Waals surface area contributed by atoms with Crippen LogP contribution in [-0.2, 0) is 4.79 Å². The van der Waals surface area contributed by atoms with E-state index < -0.39 is 5.51 Å². The lowest BCUT2D eigenvalue weighted by Gasteiger charge is -2.11. The molecule has 0 aromatic heterocycles. The van der Waals surface area contributed by atoms with Gasteiger partial charge in [0, 0.05) is 4.90 Å². The first-order valence-corrected chi connectivity index (χ1v) is 5.29. The molecule has 88 valence electrons. The number of amides is 1. The monoisotopic (exact) mass is 249 g/mol. The first kappa shape index (κ1) is 12.9. The lowest BCUT2D eigenvalue weighted by molar-refractivity contribution is -0.110. The summed E-state index contributed by atoms with van der Waals surface area (Å²) in [5.74, 6) is 0. The fourth-order valence-corrected chi connectivity index (χ4v) is 1.70. The average molecular weight is 249 g/mol. The van der Waals surface area contributed by atoms with Crippen molar-refractivity contribution >= 4 is 18.2 Å². The number of thioether (sulfide) groups is 1. The normalized spacial score (nSPS) is 13.2. The minimum atomic E-state index is -4.27. The van der Waals surface area contributed by atoms with E-state index in [-0.39, 0.29) is 22.7 Å². The molecule has 16 heavy (non-hydrogen) atoms. The third kappa shape index (κ3) is 4.14. The summed E-state index contributed by atoms with van der Waals surface area (Å²) in [6, 6.07) is 5.69. The summed E-state index contributed by atoms with van der Waals surface area (Å²) >= 11 is -0.155. The van der Waals surface area contributed by atoms with Crippen molar-refractivity contribution in [3.8, 4) is 0 Å². The van der Waals surface area contributed by atoms with Gasteiger partial charge in [-0.05, 0) is 36.4 Å². The van der Waals surface area contributed by atoms with Crippen molar-refractivity contribution in [2.75, 3.05) is 0 Å². The van der Waals surface area contributed by atoms with E-state index in [1.165, 1.54) is 12.1 Å². The van der Waals surface area contributed by atoms with Gasteiger partial charge in [0.25, 0.3) is 0 Å². The van der Waals surface area contributed by atoms with Crippen LogP contribution in [0, 0.1) is 0 Å². The lowest BCUT2D eigenvalue weighted by Crippen LogP contribution is -2.15. The number of halogens is 3. The molecule has 1 unspecified atom stereocenters. The Kier molecular flexibility index (Phi) is 4.23. The molecule has 1 atom stereocenters. The van der Waals surface area contributed by atoms with Gasteiger partial charge < -0.3 is 5.32 Å². The Bertz CT molecular complexity index is 350. The minimum absolute atomic E-state index is 0.134. The van der Waals surface area contributed by atoms with Gasteiger partial charge in [-0.25, -0.2) is 0 Å². The van der Waals surface area contributed by atoms with E-state index in [2.05, 4.69) is 5.32 Å². The Hall–Kier alpha value is -1.17. The first-order valence-electron chi connectivity index (χ1n) is 4.48. The summed E-state index contributed by atoms with van der Waals surface area (Å²) in [7, 11) is 0. The highest BCUT2D eigenvalue weighted by Crippen LogP contribution is 2.36. The zero-order chi connectivity index (χ0) is 12.2. The standard InChI is InChI=1S/C10H10F3NOS/c1-7(14-6-15)8-2-4-9(5-3-8)16-10(11,12)13/h2-7H,1H3,(H,14,15). The highest BCUT2D eigenvalue weighted by Gasteiger charge is 2.29. The SMILES string of the molecule is CC(NC=O)c1ccc(SC(F)(F)F)cc1. The van der Waals surface area contributed by atoms with E-state index in [0.29, 0.717) is 6.41 Å². The summed E-state index contributed by atoms with van der Waals surface area (Å²) in [4.78, 5) is 10.3. The highest BCUT2D eigenvalue weighted by molar-refractivity contribution is 8.00. The van der Waals surface area contributed by atoms with E-state index in [1.807, 2.05) is 0 Å². The maximum atomic E-state index is 12.0. The largest absolute Gasteiger partial charge is 0.446 e. The zero-order valence-corrected chi connectivity index (χ0v) is 9.23. The number of carbonyl (C=O) groups excluding carboxylic acids is 1. The van der Waals surface area contributed by atoms with Crippen molar-refractivity contribution in [1.82, 2.24) is 5.32 Å². The Labute approximate surface area is 95.2 Å². The van der Waals surface area contributed by atoms with Gasteiger partial charge in [-0.2, -0.15) is 13.2 Å². The van der Waals surface area contributed by atoms with Gasteiger partial charge in [0.05, 0.1) is 6.04 Å². The van der Waals surface area contributed by atoms with Crippen molar-refractivity contribution in [2.24, 2.45) is 0 Å². The molecule has 1 rings (SSSR count). The number of hydrogen-bond donors (Lipinski definition) is 1. The van der Waals surface area contributed by atoms with Crippen molar-refractivity contribution in [3.63, 3.8) is 0 Å². The Morgan fingerprint density at radius 3 is 2.31 bits per heavy atom. The zero-order valence-electron chi connectivity index (χ0n) is 8.41. The Balaban J connectivity index is 2.71. The summed E-state index contributed by atoms with van der Waals surface area (Å²) in [6.45, 7) is 1.75. The van der Waals surface area contributed by atoms with Gasteiger partial charge in [-0.1, -0.05) is 12.1 Å². The maximum absolute atomic E-state index is 12.0. The lowest BCUT2D eigenvalue weighted by atomic mass is 10.1. The molecule has 0 saturated heterocycles. The molecular formula is C10H10F3NOS. The first-order chi connectivity index (χ1) is 7.42. The van der Waals surface area contributed by atoms with E-state index >= 15 is 0 Å². The second kappa shape index (κ2) is 5.25. The molecule has 1 amide bonds. The van der Waals surface area contributed by atoms with Crippen LogP contribution < -0.4 is 5.32 Å². The fourth-order valence-electron chi connectivity index (χ4n) is 1.16. The number of carbonyl (C=O) groups is 1. The van der Waals surface area contributed by atoms with Crippen molar-refractivity contribution in [1.29, 1.82) is 0 Å². The van der Waals surface area contributed by atoms with E-state index in [9.17, 15) is 18.0 Å². The average Bonchev–Trinajstić information content (AvgIpc) is 2.16. The predicted octanol–water partition coefficient (Wildman–Crippen LogP) is 3.11. The second-order valence-electron chi connectivity index (χ2n) is 3.12. The van der Waals surface area contributed by atoms with Crippen molar-refractivity contribution in [3.05, 3.63) is 29.8 Å². The smallest absolute Gasteiger partial charge is 0.352 e. The third-order valence-corrected chi connectivity index (χ3v) is 2.67. The quantitative estimate of drug-likeness (QED) is 0.656. The van der Waals surface area contributed by atoms with E-state index in [4.69, 9.17) is 0 Å². The number of rotatable bonds is 4. The van der Waals surface area contributed by atoms with Crippen LogP contribution in [0.2, 0.25) is 0 Å². The molecular weight excluding hydrogens is 239 g/mol. The van der Waals surface area contributed by atoms with Crippen LogP contribution in [0.4, 0.5) is 13.2 Å². The number of benzene rings is 1. The van der Waals surface area contributed by atoms with Crippen molar-refractivity contribution in [2.45, 2.75) is 23.4 Å². The van der Waals surface area contributed by atoms with Crippen LogP contribution >= 0.6 is 11.8 Å². The van der Waals surface area contributed by atoms with Gasteiger partial charge in [0.1, 0.15) is 0 Å². The van der Waals surface area contributed by atoms with E-state index in [1.54, 1.807) is 19.1 Å². The van der Waals surface area contributed by atoms with Crippen LogP contribution in [0.25, 0.3) is 0 Å². The fraction of sp³-hybridized carbons (Fsp3) is 0.300. The molecule has 2 nitrogen and oxygen atoms in total. The van der Waals surface area contributed by atoms with Crippen LogP contribution in [0.1, 0.15) is 18.5 Å². The number of alkyl halides is 3. The molecule has 0 bridgehead atoms. The molecule has 0 fully saturated rings. The van der Waals surface area contributed by atoms with E-state index in [0.717, 1.165) is 5.56 Å². The summed E-state index contributed by atoms with van der Waals surface area (Å²) in [5, 5.41) is 2.52. The maximum Gasteiger partial charge on any atom is 0.446 e. The number of hydrogen-bond acceptors (Lipinski definition) is 2. The molecule has 6 heteroatoms. The molecule has 0 saturated carbocycles. The molecule has 1 aromatic carbocycles. The molecule has 0 aliphatic carbocycles. The molecule has 1 N–H and O–H groups in total. The van der Waals surface area contributed by atoms with Crippen LogP contribution in [0.5, 0.6) is 0 Å². The predicted molar refractivity (Wildman–Crippen MR) is 56.0 cm³/mol. The summed E-state index contributed by atoms with van der Waals surface area (Å²) in [6.07, 6.45) is 0.559. The molecule has 0 spiro atoms. The molecule has 0 aliphatic heterocycles. The van der Waals surface area contributed by atoms with Crippen LogP contribution in [0.15, 0.2) is 29.2 Å². The Morgan fingerprint density at radius 1 is 1.31 bits per heavy atom. The number of nitrogens with one attached hydrogen (secondary N) is 1. The third-order valence-electron chi connectivity index (χ3n) is 1.93. The topological polar surface area (TPSA) is 29.1 Å². The van der Waals surface area contributed by atoms with Gasteiger partial charge >= 0.3 is 5.51 Å².